The molecule has 0 unspecified atom stereocenters. The van der Waals surface area contributed by atoms with E-state index in [1.807, 2.05) is 41.3 Å². The summed E-state index contributed by atoms with van der Waals surface area (Å²) in [6, 6.07) is 15.6. The third kappa shape index (κ3) is 6.27. The lowest BCUT2D eigenvalue weighted by Crippen LogP contribution is -2.49. The summed E-state index contributed by atoms with van der Waals surface area (Å²) in [7, 11) is 3.30. The van der Waals surface area contributed by atoms with E-state index >= 15 is 0 Å². The molecule has 1 aliphatic rings. The van der Waals surface area contributed by atoms with Crippen molar-refractivity contribution in [2.75, 3.05) is 52.7 Å². The van der Waals surface area contributed by atoms with Gasteiger partial charge in [-0.25, -0.2) is 0 Å². The summed E-state index contributed by atoms with van der Waals surface area (Å²) in [5.41, 5.74) is 2.10. The zero-order valence-corrected chi connectivity index (χ0v) is 19.7. The van der Waals surface area contributed by atoms with E-state index in [1.165, 1.54) is 17.3 Å². The van der Waals surface area contributed by atoms with Crippen LogP contribution in [0.1, 0.15) is 5.56 Å². The lowest BCUT2D eigenvalue weighted by atomic mass is 10.1. The number of carbonyl (C=O) groups excluding carboxylic acids is 1. The van der Waals surface area contributed by atoms with Crippen LogP contribution in [0.5, 0.6) is 11.5 Å². The van der Waals surface area contributed by atoms with Crippen LogP contribution in [0.25, 0.3) is 11.5 Å². The van der Waals surface area contributed by atoms with Gasteiger partial charge in [0.15, 0.2) is 0 Å². The van der Waals surface area contributed by atoms with Gasteiger partial charge in [0.05, 0.1) is 20.0 Å². The molecule has 0 atom stereocenters. The molecular weight excluding hydrogens is 440 g/mol. The minimum absolute atomic E-state index is 0.0963. The fourth-order valence-corrected chi connectivity index (χ4v) is 4.30. The lowest BCUT2D eigenvalue weighted by molar-refractivity contribution is -0.130. The fraction of sp³-hybridized carbons (Fsp3) is 0.375. The minimum Gasteiger partial charge on any atom is -0.497 e. The summed E-state index contributed by atoms with van der Waals surface area (Å²) in [5.74, 6) is 2.45. The largest absolute Gasteiger partial charge is 0.497 e. The van der Waals surface area contributed by atoms with Gasteiger partial charge in [-0.05, 0) is 48.4 Å². The van der Waals surface area contributed by atoms with Crippen molar-refractivity contribution in [2.45, 2.75) is 11.6 Å². The second kappa shape index (κ2) is 11.2. The summed E-state index contributed by atoms with van der Waals surface area (Å²) in [5, 5.41) is 8.53. The van der Waals surface area contributed by atoms with E-state index in [9.17, 15) is 4.79 Å². The van der Waals surface area contributed by atoms with Gasteiger partial charge in [0, 0.05) is 38.3 Å². The average molecular weight is 469 g/mol. The molecule has 0 bridgehead atoms. The second-order valence-corrected chi connectivity index (χ2v) is 8.64. The lowest BCUT2D eigenvalue weighted by Gasteiger charge is -2.34. The first-order chi connectivity index (χ1) is 16.1. The minimum atomic E-state index is 0.0963. The average Bonchev–Trinajstić information content (AvgIpc) is 3.36. The van der Waals surface area contributed by atoms with Gasteiger partial charge < -0.3 is 18.8 Å². The molecule has 1 aliphatic heterocycles. The number of hydrogen-bond donors (Lipinski definition) is 0. The quantitative estimate of drug-likeness (QED) is 0.443. The maximum Gasteiger partial charge on any atom is 0.277 e. The Hall–Kier alpha value is -3.04. The van der Waals surface area contributed by atoms with Crippen molar-refractivity contribution in [3.63, 3.8) is 0 Å². The van der Waals surface area contributed by atoms with Gasteiger partial charge in [0.25, 0.3) is 5.22 Å². The Labute approximate surface area is 197 Å². The third-order valence-electron chi connectivity index (χ3n) is 5.66. The molecule has 1 saturated heterocycles. The van der Waals surface area contributed by atoms with Crippen LogP contribution < -0.4 is 9.47 Å². The van der Waals surface area contributed by atoms with Crippen LogP contribution in [0.15, 0.2) is 58.2 Å². The molecule has 0 spiro atoms. The molecule has 2 aromatic carbocycles. The van der Waals surface area contributed by atoms with Crippen LogP contribution >= 0.6 is 11.8 Å². The second-order valence-electron chi connectivity index (χ2n) is 7.71. The van der Waals surface area contributed by atoms with Crippen molar-refractivity contribution in [1.82, 2.24) is 20.0 Å². The smallest absolute Gasteiger partial charge is 0.277 e. The normalized spacial score (nSPS) is 14.3. The maximum absolute atomic E-state index is 12.6. The molecule has 1 aromatic heterocycles. The van der Waals surface area contributed by atoms with E-state index in [0.717, 1.165) is 56.2 Å². The molecule has 4 rings (SSSR count). The predicted octanol–water partition coefficient (Wildman–Crippen LogP) is 3.23. The zero-order chi connectivity index (χ0) is 23.0. The highest BCUT2D eigenvalue weighted by Crippen LogP contribution is 2.25. The van der Waals surface area contributed by atoms with E-state index in [4.69, 9.17) is 13.9 Å². The molecule has 9 heteroatoms. The Bertz CT molecular complexity index is 1030. The highest BCUT2D eigenvalue weighted by Gasteiger charge is 2.22. The number of hydrogen-bond acceptors (Lipinski definition) is 8. The van der Waals surface area contributed by atoms with Crippen molar-refractivity contribution >= 4 is 17.7 Å². The Morgan fingerprint density at radius 2 is 1.58 bits per heavy atom. The van der Waals surface area contributed by atoms with Gasteiger partial charge in [0.2, 0.25) is 11.8 Å². The number of methoxy groups -OCH3 is 2. The number of thioether (sulfide) groups is 1. The molecule has 3 aromatic rings. The Kier molecular flexibility index (Phi) is 7.85. The molecule has 0 N–H and O–H groups in total. The first-order valence-electron chi connectivity index (χ1n) is 10.9. The predicted molar refractivity (Wildman–Crippen MR) is 127 cm³/mol. The van der Waals surface area contributed by atoms with Crippen LogP contribution in [0.2, 0.25) is 0 Å². The molecule has 0 saturated carbocycles. The summed E-state index contributed by atoms with van der Waals surface area (Å²) >= 11 is 1.28. The van der Waals surface area contributed by atoms with Gasteiger partial charge in [-0.2, -0.15) is 0 Å². The highest BCUT2D eigenvalue weighted by molar-refractivity contribution is 7.99. The zero-order valence-electron chi connectivity index (χ0n) is 18.9. The molecule has 1 amide bonds. The van der Waals surface area contributed by atoms with E-state index in [2.05, 4.69) is 27.2 Å². The van der Waals surface area contributed by atoms with Crippen LogP contribution in [0.3, 0.4) is 0 Å². The number of aromatic nitrogens is 2. The summed E-state index contributed by atoms with van der Waals surface area (Å²) in [6.45, 7) is 4.23. The van der Waals surface area contributed by atoms with Gasteiger partial charge >= 0.3 is 0 Å². The number of carbonyl (C=O) groups is 1. The number of benzene rings is 2. The summed E-state index contributed by atoms with van der Waals surface area (Å²) < 4.78 is 16.1. The van der Waals surface area contributed by atoms with Gasteiger partial charge in [-0.3, -0.25) is 9.69 Å². The Morgan fingerprint density at radius 3 is 2.21 bits per heavy atom. The number of nitrogens with zero attached hydrogens (tertiary/aromatic N) is 4. The van der Waals surface area contributed by atoms with Crippen LogP contribution in [0, 0.1) is 0 Å². The number of ether oxygens (including phenoxy) is 2. The number of rotatable bonds is 9. The van der Waals surface area contributed by atoms with E-state index in [-0.39, 0.29) is 11.7 Å². The van der Waals surface area contributed by atoms with Crippen LogP contribution in [-0.2, 0) is 11.2 Å². The van der Waals surface area contributed by atoms with Crippen molar-refractivity contribution in [1.29, 1.82) is 0 Å². The number of amides is 1. The van der Waals surface area contributed by atoms with Gasteiger partial charge in [0.1, 0.15) is 11.5 Å². The monoisotopic (exact) mass is 468 g/mol. The van der Waals surface area contributed by atoms with E-state index < -0.39 is 0 Å². The van der Waals surface area contributed by atoms with Crippen molar-refractivity contribution < 1.29 is 18.7 Å². The summed E-state index contributed by atoms with van der Waals surface area (Å²) in [6.07, 6.45) is 0.988. The maximum atomic E-state index is 12.6. The third-order valence-corrected chi connectivity index (χ3v) is 6.47. The molecule has 0 radical (unpaired) electrons. The standard InChI is InChI=1S/C24H28N4O4S/c1-30-20-7-3-18(4-8-20)11-12-27-13-15-28(16-14-27)22(29)17-33-24-26-25-23(32-24)19-5-9-21(31-2)10-6-19/h3-10H,11-17H2,1-2H3. The highest BCUT2D eigenvalue weighted by atomic mass is 32.2. The SMILES string of the molecule is COc1ccc(CCN2CCN(C(=O)CSc3nnc(-c4ccc(OC)cc4)o3)CC2)cc1. The first-order valence-corrected chi connectivity index (χ1v) is 11.9. The first kappa shape index (κ1) is 23.1. The van der Waals surface area contributed by atoms with Crippen molar-refractivity contribution in [3.8, 4) is 23.0 Å². The molecule has 0 aliphatic carbocycles. The van der Waals surface area contributed by atoms with Crippen LogP contribution in [-0.4, -0.2) is 78.6 Å². The molecular formula is C24H28N4O4S. The molecule has 174 valence electrons. The Balaban J connectivity index is 1.19. The molecule has 8 nitrogen and oxygen atoms in total. The van der Waals surface area contributed by atoms with Gasteiger partial charge in [-0.15, -0.1) is 10.2 Å². The van der Waals surface area contributed by atoms with E-state index in [0.29, 0.717) is 11.1 Å². The van der Waals surface area contributed by atoms with Gasteiger partial charge in [-0.1, -0.05) is 23.9 Å². The van der Waals surface area contributed by atoms with E-state index in [1.54, 1.807) is 14.2 Å². The topological polar surface area (TPSA) is 80.9 Å². The van der Waals surface area contributed by atoms with Crippen LogP contribution in [0.4, 0.5) is 0 Å². The fourth-order valence-electron chi connectivity index (χ4n) is 3.63. The summed E-state index contributed by atoms with van der Waals surface area (Å²) in [4.78, 5) is 17.0. The molecule has 2 heterocycles. The van der Waals surface area contributed by atoms with Crippen molar-refractivity contribution in [2.24, 2.45) is 0 Å². The molecule has 1 fully saturated rings. The van der Waals surface area contributed by atoms with Crippen molar-refractivity contribution in [3.05, 3.63) is 54.1 Å². The number of piperazine rings is 1. The Morgan fingerprint density at radius 1 is 0.939 bits per heavy atom. The molecule has 33 heavy (non-hydrogen) atoms.